The Morgan fingerprint density at radius 3 is 1.56 bits per heavy atom. The van der Waals surface area contributed by atoms with Crippen LogP contribution in [0.25, 0.3) is 0 Å². The number of nitrogens with zero attached hydrogens (tertiary/aromatic N) is 1. The molecule has 0 spiro atoms. The summed E-state index contributed by atoms with van der Waals surface area (Å²) in [5.41, 5.74) is 1.53. The predicted octanol–water partition coefficient (Wildman–Crippen LogP) is 8.19. The smallest absolute Gasteiger partial charge is 0.181 e. The predicted molar refractivity (Wildman–Crippen MR) is 120 cm³/mol. The van der Waals surface area contributed by atoms with Crippen molar-refractivity contribution in [3.63, 3.8) is 0 Å². The first kappa shape index (κ1) is 24.2. The summed E-state index contributed by atoms with van der Waals surface area (Å²) in [6.07, 6.45) is 27.7. The largest absolute Gasteiger partial charge is 0.202 e. The van der Waals surface area contributed by atoms with E-state index in [1.165, 1.54) is 128 Å². The summed E-state index contributed by atoms with van der Waals surface area (Å²) >= 11 is 0. The SMILES string of the molecule is CCCCCCCCCCCCCCCCCc1cccc[n+]1CCCC. The second-order valence-corrected chi connectivity index (χ2v) is 8.44. The molecule has 0 aliphatic rings. The molecule has 0 radical (unpaired) electrons. The fourth-order valence-electron chi connectivity index (χ4n) is 3.96. The summed E-state index contributed by atoms with van der Waals surface area (Å²) in [4.78, 5) is 0. The Bertz CT molecular complexity index is 426. The van der Waals surface area contributed by atoms with Gasteiger partial charge in [-0.3, -0.25) is 0 Å². The molecule has 0 saturated carbocycles. The van der Waals surface area contributed by atoms with Gasteiger partial charge in [-0.15, -0.1) is 0 Å². The Morgan fingerprint density at radius 1 is 0.556 bits per heavy atom. The quantitative estimate of drug-likeness (QED) is 0.170. The minimum Gasteiger partial charge on any atom is -0.202 e. The van der Waals surface area contributed by atoms with Crippen molar-refractivity contribution < 1.29 is 4.57 Å². The first-order valence-corrected chi connectivity index (χ1v) is 12.4. The van der Waals surface area contributed by atoms with Crippen LogP contribution in [-0.2, 0) is 13.0 Å². The average molecular weight is 375 g/mol. The van der Waals surface area contributed by atoms with Crippen LogP contribution in [0.3, 0.4) is 0 Å². The summed E-state index contributed by atoms with van der Waals surface area (Å²) in [7, 11) is 0. The molecule has 0 atom stereocenters. The fraction of sp³-hybridized carbons (Fsp3) is 0.808. The number of unbranched alkanes of at least 4 members (excludes halogenated alkanes) is 15. The van der Waals surface area contributed by atoms with E-state index in [1.807, 2.05) is 0 Å². The van der Waals surface area contributed by atoms with Crippen LogP contribution < -0.4 is 4.57 Å². The summed E-state index contributed by atoms with van der Waals surface area (Å²) < 4.78 is 2.47. The van der Waals surface area contributed by atoms with Gasteiger partial charge in [0.1, 0.15) is 6.54 Å². The van der Waals surface area contributed by atoms with Crippen molar-refractivity contribution >= 4 is 0 Å². The van der Waals surface area contributed by atoms with E-state index in [0.29, 0.717) is 0 Å². The zero-order valence-corrected chi connectivity index (χ0v) is 18.7. The number of rotatable bonds is 19. The van der Waals surface area contributed by atoms with Gasteiger partial charge < -0.3 is 0 Å². The Kier molecular flexibility index (Phi) is 16.6. The average Bonchev–Trinajstić information content (AvgIpc) is 2.70. The number of aromatic nitrogens is 1. The van der Waals surface area contributed by atoms with Crippen LogP contribution >= 0.6 is 0 Å². The molecule has 1 nitrogen and oxygen atoms in total. The monoisotopic (exact) mass is 374 g/mol. The maximum atomic E-state index is 2.47. The molecule has 1 aromatic rings. The molecular formula is C26H48N+. The van der Waals surface area contributed by atoms with Gasteiger partial charge in [-0.1, -0.05) is 116 Å². The molecule has 1 heteroatoms. The van der Waals surface area contributed by atoms with Gasteiger partial charge in [0.15, 0.2) is 11.9 Å². The minimum atomic E-state index is 1.19. The van der Waals surface area contributed by atoms with Crippen LogP contribution in [-0.4, -0.2) is 0 Å². The lowest BCUT2D eigenvalue weighted by atomic mass is 10.0. The third kappa shape index (κ3) is 13.9. The molecule has 0 fully saturated rings. The number of pyridine rings is 1. The van der Waals surface area contributed by atoms with E-state index < -0.39 is 0 Å². The molecule has 156 valence electrons. The molecule has 0 saturated heterocycles. The van der Waals surface area contributed by atoms with Crippen LogP contribution in [0.1, 0.15) is 129 Å². The minimum absolute atomic E-state index is 1.19. The van der Waals surface area contributed by atoms with Gasteiger partial charge >= 0.3 is 0 Å². The van der Waals surface area contributed by atoms with Crippen molar-refractivity contribution in [2.24, 2.45) is 0 Å². The normalized spacial score (nSPS) is 11.2. The number of hydrogen-bond donors (Lipinski definition) is 0. The van der Waals surface area contributed by atoms with Gasteiger partial charge in [0, 0.05) is 25.0 Å². The summed E-state index contributed by atoms with van der Waals surface area (Å²) in [5.74, 6) is 0. The second kappa shape index (κ2) is 18.5. The topological polar surface area (TPSA) is 3.88 Å². The van der Waals surface area contributed by atoms with Crippen molar-refractivity contribution in [1.82, 2.24) is 0 Å². The van der Waals surface area contributed by atoms with Crippen molar-refractivity contribution in [3.05, 3.63) is 30.1 Å². The lowest BCUT2D eigenvalue weighted by Gasteiger charge is -2.04. The zero-order valence-electron chi connectivity index (χ0n) is 18.7. The molecule has 1 heterocycles. The molecule has 0 N–H and O–H groups in total. The van der Waals surface area contributed by atoms with Crippen molar-refractivity contribution in [2.75, 3.05) is 0 Å². The second-order valence-electron chi connectivity index (χ2n) is 8.44. The van der Waals surface area contributed by atoms with Crippen LogP contribution in [0, 0.1) is 0 Å². The first-order chi connectivity index (χ1) is 13.4. The highest BCUT2D eigenvalue weighted by molar-refractivity contribution is 4.97. The third-order valence-electron chi connectivity index (χ3n) is 5.82. The standard InChI is InChI=1S/C26H48N/c1-3-5-7-8-9-10-11-12-13-14-15-16-17-18-19-22-26-23-20-21-25-27(26)24-6-4-2/h20-21,23,25H,3-19,22,24H2,1-2H3/q+1. The van der Waals surface area contributed by atoms with Crippen molar-refractivity contribution in [3.8, 4) is 0 Å². The molecule has 0 unspecified atom stereocenters. The Labute approximate surface area is 171 Å². The lowest BCUT2D eigenvalue weighted by molar-refractivity contribution is -0.704. The zero-order chi connectivity index (χ0) is 19.4. The summed E-state index contributed by atoms with van der Waals surface area (Å²) in [6.45, 7) is 5.76. The number of hydrogen-bond acceptors (Lipinski definition) is 0. The van der Waals surface area contributed by atoms with Gasteiger partial charge in [0.25, 0.3) is 0 Å². The highest BCUT2D eigenvalue weighted by atomic mass is 14.9. The summed E-state index contributed by atoms with van der Waals surface area (Å²) in [6, 6.07) is 6.69. The molecule has 27 heavy (non-hydrogen) atoms. The van der Waals surface area contributed by atoms with Crippen LogP contribution in [0.15, 0.2) is 24.4 Å². The lowest BCUT2D eigenvalue weighted by Crippen LogP contribution is -2.37. The van der Waals surface area contributed by atoms with E-state index >= 15 is 0 Å². The molecule has 0 aromatic carbocycles. The van der Waals surface area contributed by atoms with Crippen LogP contribution in [0.4, 0.5) is 0 Å². The molecule has 0 aliphatic carbocycles. The van der Waals surface area contributed by atoms with E-state index in [0.717, 1.165) is 0 Å². The maximum absolute atomic E-state index is 2.47. The van der Waals surface area contributed by atoms with Gasteiger partial charge in [-0.2, -0.15) is 0 Å². The van der Waals surface area contributed by atoms with E-state index in [4.69, 9.17) is 0 Å². The molecule has 0 bridgehead atoms. The van der Waals surface area contributed by atoms with Gasteiger partial charge in [-0.25, -0.2) is 4.57 Å². The van der Waals surface area contributed by atoms with Gasteiger partial charge in [0.05, 0.1) is 0 Å². The summed E-state index contributed by atoms with van der Waals surface area (Å²) in [5, 5.41) is 0. The molecular weight excluding hydrogens is 326 g/mol. The van der Waals surface area contributed by atoms with Gasteiger partial charge in [-0.05, 0) is 6.42 Å². The molecule has 1 rings (SSSR count). The maximum Gasteiger partial charge on any atom is 0.181 e. The van der Waals surface area contributed by atoms with E-state index in [1.54, 1.807) is 0 Å². The molecule has 0 amide bonds. The van der Waals surface area contributed by atoms with Gasteiger partial charge in [0.2, 0.25) is 0 Å². The number of aryl methyl sites for hydroxylation is 2. The van der Waals surface area contributed by atoms with E-state index in [-0.39, 0.29) is 0 Å². The van der Waals surface area contributed by atoms with E-state index in [9.17, 15) is 0 Å². The fourth-order valence-corrected chi connectivity index (χ4v) is 3.96. The van der Waals surface area contributed by atoms with E-state index in [2.05, 4.69) is 42.8 Å². The van der Waals surface area contributed by atoms with Crippen LogP contribution in [0.5, 0.6) is 0 Å². The highest BCUT2D eigenvalue weighted by Gasteiger charge is 2.08. The highest BCUT2D eigenvalue weighted by Crippen LogP contribution is 2.13. The van der Waals surface area contributed by atoms with Crippen molar-refractivity contribution in [2.45, 2.75) is 136 Å². The molecule has 0 aliphatic heterocycles. The molecule has 1 aromatic heterocycles. The Hall–Kier alpha value is -0.850. The van der Waals surface area contributed by atoms with Crippen molar-refractivity contribution in [1.29, 1.82) is 0 Å². The Balaban J connectivity index is 1.88. The van der Waals surface area contributed by atoms with Crippen LogP contribution in [0.2, 0.25) is 0 Å². The first-order valence-electron chi connectivity index (χ1n) is 12.4. The Morgan fingerprint density at radius 2 is 1.04 bits per heavy atom. The third-order valence-corrected chi connectivity index (χ3v) is 5.82.